The number of aromatic nitrogens is 1. The zero-order chi connectivity index (χ0) is 14.8. The Hall–Kier alpha value is -1.39. The molecular formula is C15H14BrClN2O. The number of pyridine rings is 1. The van der Waals surface area contributed by atoms with Gasteiger partial charge in [-0.05, 0) is 41.4 Å². The topological polar surface area (TPSA) is 42.0 Å². The number of nitrogens with zero attached hydrogens (tertiary/aromatic N) is 1. The fourth-order valence-electron chi connectivity index (χ4n) is 1.77. The largest absolute Gasteiger partial charge is 0.323 e. The van der Waals surface area contributed by atoms with Crippen LogP contribution in [-0.2, 0) is 10.2 Å². The van der Waals surface area contributed by atoms with Gasteiger partial charge >= 0.3 is 0 Å². The number of hydrogen-bond donors (Lipinski definition) is 1. The van der Waals surface area contributed by atoms with Gasteiger partial charge in [0.15, 0.2) is 5.15 Å². The van der Waals surface area contributed by atoms with Crippen molar-refractivity contribution in [1.29, 1.82) is 0 Å². The van der Waals surface area contributed by atoms with Gasteiger partial charge in [0.2, 0.25) is 5.91 Å². The number of carbonyl (C=O) groups is 1. The third-order valence-electron chi connectivity index (χ3n) is 3.12. The highest BCUT2D eigenvalue weighted by molar-refractivity contribution is 9.10. The SMILES string of the molecule is CC(C)(C(=O)Nc1cc(Br)cnc1Cl)c1ccccc1. The standard InChI is InChI=1S/C15H14BrClN2O/c1-15(2,10-6-4-3-5-7-10)14(20)19-12-8-11(16)9-18-13(12)17/h3-9H,1-2H3,(H,19,20). The highest BCUT2D eigenvalue weighted by Gasteiger charge is 2.30. The molecule has 0 aliphatic carbocycles. The normalized spacial score (nSPS) is 11.2. The third-order valence-corrected chi connectivity index (χ3v) is 3.85. The second-order valence-corrected chi connectivity index (χ2v) is 6.21. The first-order valence-electron chi connectivity index (χ1n) is 6.09. The van der Waals surface area contributed by atoms with E-state index in [4.69, 9.17) is 11.6 Å². The summed E-state index contributed by atoms with van der Waals surface area (Å²) < 4.78 is 0.759. The maximum atomic E-state index is 12.5. The van der Waals surface area contributed by atoms with Crippen LogP contribution in [0, 0.1) is 0 Å². The van der Waals surface area contributed by atoms with Gasteiger partial charge in [0, 0.05) is 10.7 Å². The Morgan fingerprint density at radius 1 is 1.30 bits per heavy atom. The van der Waals surface area contributed by atoms with E-state index in [1.807, 2.05) is 44.2 Å². The van der Waals surface area contributed by atoms with Crippen molar-refractivity contribution in [3.05, 3.63) is 57.8 Å². The van der Waals surface area contributed by atoms with E-state index in [2.05, 4.69) is 26.2 Å². The van der Waals surface area contributed by atoms with Crippen molar-refractivity contribution in [3.63, 3.8) is 0 Å². The van der Waals surface area contributed by atoms with Gasteiger partial charge < -0.3 is 5.32 Å². The van der Waals surface area contributed by atoms with E-state index in [-0.39, 0.29) is 11.1 Å². The third kappa shape index (κ3) is 3.19. The van der Waals surface area contributed by atoms with Crippen molar-refractivity contribution in [2.24, 2.45) is 0 Å². The molecule has 0 aliphatic rings. The molecule has 2 aromatic rings. The lowest BCUT2D eigenvalue weighted by molar-refractivity contribution is -0.120. The van der Waals surface area contributed by atoms with E-state index >= 15 is 0 Å². The molecule has 0 unspecified atom stereocenters. The van der Waals surface area contributed by atoms with Crippen LogP contribution in [0.4, 0.5) is 5.69 Å². The summed E-state index contributed by atoms with van der Waals surface area (Å²) >= 11 is 9.30. The molecule has 5 heteroatoms. The Balaban J connectivity index is 2.26. The molecule has 1 amide bonds. The van der Waals surface area contributed by atoms with E-state index in [0.717, 1.165) is 10.0 Å². The summed E-state index contributed by atoms with van der Waals surface area (Å²) in [7, 11) is 0. The lowest BCUT2D eigenvalue weighted by Crippen LogP contribution is -2.34. The molecule has 0 atom stereocenters. The average Bonchev–Trinajstić information content (AvgIpc) is 2.43. The summed E-state index contributed by atoms with van der Waals surface area (Å²) in [6, 6.07) is 11.3. The summed E-state index contributed by atoms with van der Waals surface area (Å²) in [5.74, 6) is -0.134. The van der Waals surface area contributed by atoms with E-state index in [1.54, 1.807) is 12.3 Å². The highest BCUT2D eigenvalue weighted by atomic mass is 79.9. The van der Waals surface area contributed by atoms with Gasteiger partial charge in [-0.15, -0.1) is 0 Å². The van der Waals surface area contributed by atoms with Gasteiger partial charge in [-0.1, -0.05) is 41.9 Å². The summed E-state index contributed by atoms with van der Waals surface area (Å²) in [5.41, 5.74) is 0.777. The number of halogens is 2. The first-order valence-corrected chi connectivity index (χ1v) is 7.26. The predicted molar refractivity (Wildman–Crippen MR) is 85.0 cm³/mol. The van der Waals surface area contributed by atoms with Crippen molar-refractivity contribution >= 4 is 39.1 Å². The molecule has 1 aromatic heterocycles. The zero-order valence-electron chi connectivity index (χ0n) is 11.2. The number of rotatable bonds is 3. The molecule has 0 saturated carbocycles. The van der Waals surface area contributed by atoms with Crippen molar-refractivity contribution in [3.8, 4) is 0 Å². The van der Waals surface area contributed by atoms with Crippen LogP contribution in [0.25, 0.3) is 0 Å². The highest BCUT2D eigenvalue weighted by Crippen LogP contribution is 2.28. The maximum Gasteiger partial charge on any atom is 0.234 e. The summed E-state index contributed by atoms with van der Waals surface area (Å²) in [4.78, 5) is 16.5. The molecule has 0 saturated heterocycles. The van der Waals surface area contributed by atoms with Crippen molar-refractivity contribution in [1.82, 2.24) is 4.98 Å². The van der Waals surface area contributed by atoms with Crippen LogP contribution in [-0.4, -0.2) is 10.9 Å². The average molecular weight is 354 g/mol. The first-order chi connectivity index (χ1) is 9.41. The van der Waals surface area contributed by atoms with Gasteiger partial charge in [-0.2, -0.15) is 0 Å². The number of benzene rings is 1. The molecule has 0 aliphatic heterocycles. The number of nitrogens with one attached hydrogen (secondary N) is 1. The van der Waals surface area contributed by atoms with Crippen LogP contribution in [0.5, 0.6) is 0 Å². The molecule has 1 heterocycles. The van der Waals surface area contributed by atoms with Gasteiger partial charge in [-0.25, -0.2) is 4.98 Å². The molecule has 0 spiro atoms. The smallest absolute Gasteiger partial charge is 0.234 e. The van der Waals surface area contributed by atoms with Crippen LogP contribution in [0.1, 0.15) is 19.4 Å². The van der Waals surface area contributed by atoms with E-state index < -0.39 is 5.41 Å². The molecule has 0 radical (unpaired) electrons. The second-order valence-electron chi connectivity index (χ2n) is 4.94. The minimum Gasteiger partial charge on any atom is -0.323 e. The van der Waals surface area contributed by atoms with Gasteiger partial charge in [0.1, 0.15) is 0 Å². The molecular weight excluding hydrogens is 340 g/mol. The number of hydrogen-bond acceptors (Lipinski definition) is 2. The van der Waals surface area contributed by atoms with Gasteiger partial charge in [0.05, 0.1) is 11.1 Å². The lowest BCUT2D eigenvalue weighted by Gasteiger charge is -2.24. The quantitative estimate of drug-likeness (QED) is 0.830. The van der Waals surface area contributed by atoms with Crippen molar-refractivity contribution < 1.29 is 4.79 Å². The van der Waals surface area contributed by atoms with E-state index in [1.165, 1.54) is 0 Å². The van der Waals surface area contributed by atoms with Crippen LogP contribution in [0.15, 0.2) is 47.1 Å². The lowest BCUT2D eigenvalue weighted by atomic mass is 9.84. The molecule has 20 heavy (non-hydrogen) atoms. The minimum atomic E-state index is -0.660. The van der Waals surface area contributed by atoms with Crippen LogP contribution in [0.2, 0.25) is 5.15 Å². The Morgan fingerprint density at radius 2 is 1.95 bits per heavy atom. The maximum absolute atomic E-state index is 12.5. The van der Waals surface area contributed by atoms with Gasteiger partial charge in [-0.3, -0.25) is 4.79 Å². The minimum absolute atomic E-state index is 0.134. The van der Waals surface area contributed by atoms with Crippen molar-refractivity contribution in [2.45, 2.75) is 19.3 Å². The monoisotopic (exact) mass is 352 g/mol. The van der Waals surface area contributed by atoms with Gasteiger partial charge in [0.25, 0.3) is 0 Å². The molecule has 0 fully saturated rings. The number of anilines is 1. The fraction of sp³-hybridized carbons (Fsp3) is 0.200. The fourth-order valence-corrected chi connectivity index (χ4v) is 2.26. The van der Waals surface area contributed by atoms with Crippen LogP contribution >= 0.6 is 27.5 Å². The Morgan fingerprint density at radius 3 is 2.60 bits per heavy atom. The second kappa shape index (κ2) is 5.94. The zero-order valence-corrected chi connectivity index (χ0v) is 13.5. The van der Waals surface area contributed by atoms with E-state index in [9.17, 15) is 4.79 Å². The van der Waals surface area contributed by atoms with Crippen LogP contribution in [0.3, 0.4) is 0 Å². The van der Waals surface area contributed by atoms with Crippen molar-refractivity contribution in [2.75, 3.05) is 5.32 Å². The van der Waals surface area contributed by atoms with E-state index in [0.29, 0.717) is 5.69 Å². The molecule has 3 nitrogen and oxygen atoms in total. The van der Waals surface area contributed by atoms with Crippen LogP contribution < -0.4 is 5.32 Å². The summed E-state index contributed by atoms with van der Waals surface area (Å²) in [6.07, 6.45) is 1.58. The first kappa shape index (κ1) is 15.0. The number of carbonyl (C=O) groups excluding carboxylic acids is 1. The molecule has 1 N–H and O–H groups in total. The Kier molecular flexibility index (Phi) is 4.45. The number of amides is 1. The summed E-state index contributed by atoms with van der Waals surface area (Å²) in [5, 5.41) is 3.10. The summed E-state index contributed by atoms with van der Waals surface area (Å²) in [6.45, 7) is 3.74. The molecule has 104 valence electrons. The molecule has 0 bridgehead atoms. The molecule has 2 rings (SSSR count). The Bertz CT molecular complexity index is 629. The Labute approximate surface area is 131 Å². The predicted octanol–water partition coefficient (Wildman–Crippen LogP) is 4.41. The molecule has 1 aromatic carbocycles.